The molecule has 0 aromatic carbocycles. The van der Waals surface area contributed by atoms with Crippen LogP contribution in [0.1, 0.15) is 39.0 Å². The average Bonchev–Trinajstić information content (AvgIpc) is 2.41. The molecular formula is C12H21N5. The molecule has 1 N–H and O–H groups in total. The van der Waals surface area contributed by atoms with E-state index in [-0.39, 0.29) is 0 Å². The van der Waals surface area contributed by atoms with Gasteiger partial charge in [-0.25, -0.2) is 0 Å². The molecule has 2 rings (SSSR count). The first-order chi connectivity index (χ1) is 8.40. The zero-order valence-corrected chi connectivity index (χ0v) is 10.5. The molecule has 0 unspecified atom stereocenters. The molecule has 0 radical (unpaired) electrons. The van der Waals surface area contributed by atoms with Gasteiger partial charge < -0.3 is 10.2 Å². The van der Waals surface area contributed by atoms with Crippen molar-refractivity contribution in [2.45, 2.75) is 39.0 Å². The van der Waals surface area contributed by atoms with Gasteiger partial charge in [0, 0.05) is 19.6 Å². The van der Waals surface area contributed by atoms with Crippen molar-refractivity contribution in [2.24, 2.45) is 0 Å². The molecule has 1 aromatic rings. The number of hydrogen-bond donors (Lipinski definition) is 1. The first-order valence-electron chi connectivity index (χ1n) is 6.58. The summed E-state index contributed by atoms with van der Waals surface area (Å²) in [4.78, 5) is 6.73. The van der Waals surface area contributed by atoms with E-state index in [0.717, 1.165) is 37.8 Å². The second kappa shape index (κ2) is 6.37. The van der Waals surface area contributed by atoms with E-state index in [0.29, 0.717) is 0 Å². The van der Waals surface area contributed by atoms with Crippen molar-refractivity contribution in [2.75, 3.05) is 29.9 Å². The Morgan fingerprint density at radius 3 is 2.88 bits per heavy atom. The van der Waals surface area contributed by atoms with Crippen molar-refractivity contribution in [1.29, 1.82) is 0 Å². The SMILES string of the molecule is CCCCNc1cnnc(N2CCCCC2)n1. The smallest absolute Gasteiger partial charge is 0.247 e. The third-order valence-electron chi connectivity index (χ3n) is 3.02. The molecule has 0 spiro atoms. The third kappa shape index (κ3) is 3.54. The summed E-state index contributed by atoms with van der Waals surface area (Å²) in [5, 5.41) is 11.4. The van der Waals surface area contributed by atoms with Crippen LogP contribution in [0.2, 0.25) is 0 Å². The highest BCUT2D eigenvalue weighted by Gasteiger charge is 2.13. The van der Waals surface area contributed by atoms with E-state index in [2.05, 4.69) is 32.3 Å². The fourth-order valence-corrected chi connectivity index (χ4v) is 2.00. The van der Waals surface area contributed by atoms with Crippen molar-refractivity contribution in [3.63, 3.8) is 0 Å². The molecular weight excluding hydrogens is 214 g/mol. The van der Waals surface area contributed by atoms with Gasteiger partial charge in [-0.1, -0.05) is 13.3 Å². The second-order valence-electron chi connectivity index (χ2n) is 4.47. The predicted molar refractivity (Wildman–Crippen MR) is 69.3 cm³/mol. The summed E-state index contributed by atoms with van der Waals surface area (Å²) in [6.07, 6.45) is 7.82. The zero-order valence-electron chi connectivity index (χ0n) is 10.5. The van der Waals surface area contributed by atoms with Gasteiger partial charge in [-0.15, -0.1) is 5.10 Å². The molecule has 0 bridgehead atoms. The van der Waals surface area contributed by atoms with Crippen LogP contribution in [0.25, 0.3) is 0 Å². The summed E-state index contributed by atoms with van der Waals surface area (Å²) < 4.78 is 0. The van der Waals surface area contributed by atoms with Crippen LogP contribution in [0.5, 0.6) is 0 Å². The summed E-state index contributed by atoms with van der Waals surface area (Å²) >= 11 is 0. The number of anilines is 2. The van der Waals surface area contributed by atoms with Crippen molar-refractivity contribution < 1.29 is 0 Å². The lowest BCUT2D eigenvalue weighted by Gasteiger charge is -2.26. The second-order valence-corrected chi connectivity index (χ2v) is 4.47. The summed E-state index contributed by atoms with van der Waals surface area (Å²) in [6, 6.07) is 0. The number of rotatable bonds is 5. The molecule has 1 saturated heterocycles. The van der Waals surface area contributed by atoms with Crippen LogP contribution in [0.3, 0.4) is 0 Å². The van der Waals surface area contributed by atoms with Gasteiger partial charge in [-0.3, -0.25) is 0 Å². The van der Waals surface area contributed by atoms with E-state index in [1.807, 2.05) is 0 Å². The number of aromatic nitrogens is 3. The Bertz CT molecular complexity index is 335. The maximum absolute atomic E-state index is 4.51. The average molecular weight is 235 g/mol. The summed E-state index contributed by atoms with van der Waals surface area (Å²) in [6.45, 7) is 5.24. The van der Waals surface area contributed by atoms with Gasteiger partial charge in [0.15, 0.2) is 5.82 Å². The summed E-state index contributed by atoms with van der Waals surface area (Å²) in [5.74, 6) is 1.61. The monoisotopic (exact) mass is 235 g/mol. The van der Waals surface area contributed by atoms with E-state index in [1.54, 1.807) is 6.20 Å². The van der Waals surface area contributed by atoms with Gasteiger partial charge in [-0.05, 0) is 25.7 Å². The molecule has 17 heavy (non-hydrogen) atoms. The van der Waals surface area contributed by atoms with Gasteiger partial charge in [0.2, 0.25) is 5.95 Å². The molecule has 1 aliphatic heterocycles. The molecule has 0 amide bonds. The topological polar surface area (TPSA) is 53.9 Å². The molecule has 1 fully saturated rings. The lowest BCUT2D eigenvalue weighted by atomic mass is 10.1. The highest BCUT2D eigenvalue weighted by molar-refractivity contribution is 5.38. The minimum Gasteiger partial charge on any atom is -0.369 e. The molecule has 5 heteroatoms. The number of hydrogen-bond acceptors (Lipinski definition) is 5. The van der Waals surface area contributed by atoms with Crippen LogP contribution in [0, 0.1) is 0 Å². The lowest BCUT2D eigenvalue weighted by molar-refractivity contribution is 0.565. The summed E-state index contributed by atoms with van der Waals surface area (Å²) in [5.41, 5.74) is 0. The van der Waals surface area contributed by atoms with Gasteiger partial charge >= 0.3 is 0 Å². The Morgan fingerprint density at radius 1 is 1.29 bits per heavy atom. The highest BCUT2D eigenvalue weighted by atomic mass is 15.3. The van der Waals surface area contributed by atoms with Crippen LogP contribution >= 0.6 is 0 Å². The number of nitrogens with zero attached hydrogens (tertiary/aromatic N) is 4. The first-order valence-corrected chi connectivity index (χ1v) is 6.58. The Kier molecular flexibility index (Phi) is 4.53. The van der Waals surface area contributed by atoms with Gasteiger partial charge in [0.25, 0.3) is 0 Å². The van der Waals surface area contributed by atoms with Gasteiger partial charge in [0.1, 0.15) is 0 Å². The Morgan fingerprint density at radius 2 is 2.12 bits per heavy atom. The van der Waals surface area contributed by atoms with E-state index in [9.17, 15) is 0 Å². The van der Waals surface area contributed by atoms with Gasteiger partial charge in [0.05, 0.1) is 6.20 Å². The van der Waals surface area contributed by atoms with Crippen LogP contribution in [-0.2, 0) is 0 Å². The van der Waals surface area contributed by atoms with E-state index in [4.69, 9.17) is 0 Å². The molecule has 0 atom stereocenters. The number of nitrogens with one attached hydrogen (secondary N) is 1. The standard InChI is InChI=1S/C12H21N5/c1-2-3-7-13-11-10-14-16-12(15-11)17-8-5-4-6-9-17/h10H,2-9H2,1H3,(H,13,15,16). The van der Waals surface area contributed by atoms with Crippen molar-refractivity contribution in [3.8, 4) is 0 Å². The first kappa shape index (κ1) is 12.1. The fraction of sp³-hybridized carbons (Fsp3) is 0.750. The summed E-state index contributed by atoms with van der Waals surface area (Å²) in [7, 11) is 0. The van der Waals surface area contributed by atoms with Crippen LogP contribution in [-0.4, -0.2) is 34.8 Å². The Labute approximate surface area is 103 Å². The molecule has 0 saturated carbocycles. The number of unbranched alkanes of at least 4 members (excludes halogenated alkanes) is 1. The third-order valence-corrected chi connectivity index (χ3v) is 3.02. The van der Waals surface area contributed by atoms with E-state index < -0.39 is 0 Å². The maximum atomic E-state index is 4.51. The van der Waals surface area contributed by atoms with E-state index >= 15 is 0 Å². The van der Waals surface area contributed by atoms with Crippen LogP contribution < -0.4 is 10.2 Å². The largest absolute Gasteiger partial charge is 0.369 e. The lowest BCUT2D eigenvalue weighted by Crippen LogP contribution is -2.31. The molecule has 5 nitrogen and oxygen atoms in total. The van der Waals surface area contributed by atoms with Crippen molar-refractivity contribution >= 4 is 11.8 Å². The van der Waals surface area contributed by atoms with E-state index in [1.165, 1.54) is 25.7 Å². The van der Waals surface area contributed by atoms with Crippen molar-refractivity contribution in [1.82, 2.24) is 15.2 Å². The molecule has 2 heterocycles. The quantitative estimate of drug-likeness (QED) is 0.792. The maximum Gasteiger partial charge on any atom is 0.247 e. The molecule has 94 valence electrons. The number of piperidine rings is 1. The highest BCUT2D eigenvalue weighted by Crippen LogP contribution is 2.15. The normalized spacial score (nSPS) is 15.9. The predicted octanol–water partition coefficient (Wildman–Crippen LogP) is 2.07. The van der Waals surface area contributed by atoms with Gasteiger partial charge in [-0.2, -0.15) is 10.1 Å². The fourth-order valence-electron chi connectivity index (χ4n) is 2.00. The minimum atomic E-state index is 0.770. The van der Waals surface area contributed by atoms with Crippen LogP contribution in [0.4, 0.5) is 11.8 Å². The molecule has 1 aromatic heterocycles. The Balaban J connectivity index is 1.95. The minimum absolute atomic E-state index is 0.770. The molecule has 1 aliphatic rings. The zero-order chi connectivity index (χ0) is 11.9. The molecule has 0 aliphatic carbocycles. The van der Waals surface area contributed by atoms with Crippen molar-refractivity contribution in [3.05, 3.63) is 6.20 Å². The Hall–Kier alpha value is -1.39. The van der Waals surface area contributed by atoms with Crippen LogP contribution in [0.15, 0.2) is 6.20 Å².